The molecular formula is C36H37F2N7O4. The number of aromatic nitrogens is 5. The molecule has 0 amide bonds. The number of pyridine rings is 1. The highest BCUT2D eigenvalue weighted by atomic mass is 19.1. The second-order valence-corrected chi connectivity index (χ2v) is 12.4. The van der Waals surface area contributed by atoms with Crippen molar-refractivity contribution < 1.29 is 18.3 Å². The van der Waals surface area contributed by atoms with Crippen molar-refractivity contribution in [1.29, 1.82) is 0 Å². The Morgan fingerprint density at radius 1 is 0.939 bits per heavy atom. The Hall–Kier alpha value is -5.27. The number of rotatable bonds is 11. The van der Waals surface area contributed by atoms with Crippen LogP contribution in [0.4, 0.5) is 8.78 Å². The van der Waals surface area contributed by atoms with Crippen LogP contribution in [0.1, 0.15) is 35.8 Å². The minimum Gasteiger partial charge on any atom is -0.454 e. The number of likely N-dealkylation sites (N-methyl/N-ethyl adjacent to an activating group) is 1. The van der Waals surface area contributed by atoms with Crippen molar-refractivity contribution in [1.82, 2.24) is 33.7 Å². The molecule has 0 spiro atoms. The smallest absolute Gasteiger partial charge is 0.335 e. The first-order chi connectivity index (χ1) is 23.5. The molecular weight excluding hydrogens is 632 g/mol. The lowest BCUT2D eigenvalue weighted by Crippen LogP contribution is -2.45. The van der Waals surface area contributed by atoms with E-state index in [4.69, 9.17) is 4.74 Å². The number of hydrogen-bond donors (Lipinski definition) is 0. The van der Waals surface area contributed by atoms with Gasteiger partial charge in [-0.05, 0) is 68.9 Å². The van der Waals surface area contributed by atoms with Crippen molar-refractivity contribution in [2.24, 2.45) is 0 Å². The molecule has 3 aromatic heterocycles. The first kappa shape index (κ1) is 33.6. The molecule has 1 saturated heterocycles. The van der Waals surface area contributed by atoms with Crippen molar-refractivity contribution in [3.63, 3.8) is 0 Å². The van der Waals surface area contributed by atoms with Crippen molar-refractivity contribution >= 4 is 5.78 Å². The van der Waals surface area contributed by atoms with E-state index in [1.54, 1.807) is 44.4 Å². The van der Waals surface area contributed by atoms with Gasteiger partial charge in [-0.1, -0.05) is 6.07 Å². The molecule has 1 fully saturated rings. The van der Waals surface area contributed by atoms with Crippen molar-refractivity contribution in [3.05, 3.63) is 123 Å². The molecule has 0 radical (unpaired) electrons. The van der Waals surface area contributed by atoms with E-state index in [-0.39, 0.29) is 29.5 Å². The highest BCUT2D eigenvalue weighted by molar-refractivity contribution is 5.97. The lowest BCUT2D eigenvalue weighted by molar-refractivity contribution is 0.0990. The van der Waals surface area contributed by atoms with Crippen LogP contribution < -0.4 is 16.0 Å². The van der Waals surface area contributed by atoms with Gasteiger partial charge >= 0.3 is 5.69 Å². The molecule has 1 aliphatic rings. The van der Waals surface area contributed by atoms with Crippen LogP contribution in [0.15, 0.2) is 89.0 Å². The zero-order valence-electron chi connectivity index (χ0n) is 27.6. The Labute approximate surface area is 281 Å². The highest BCUT2D eigenvalue weighted by Gasteiger charge is 2.21. The largest absolute Gasteiger partial charge is 0.454 e. The Bertz CT molecular complexity index is 2080. The first-order valence-corrected chi connectivity index (χ1v) is 16.1. The number of piperazine rings is 1. The predicted octanol–water partition coefficient (Wildman–Crippen LogP) is 4.58. The van der Waals surface area contributed by atoms with E-state index in [0.29, 0.717) is 17.0 Å². The molecule has 6 rings (SSSR count). The first-order valence-electron chi connectivity index (χ1n) is 16.1. The van der Waals surface area contributed by atoms with Gasteiger partial charge in [0, 0.05) is 75.4 Å². The Morgan fingerprint density at radius 3 is 2.41 bits per heavy atom. The number of ketones is 1. The Kier molecular flexibility index (Phi) is 9.92. The molecule has 0 aliphatic carbocycles. The number of carbonyl (C=O) groups excluding carboxylic acids is 1. The van der Waals surface area contributed by atoms with E-state index in [2.05, 4.69) is 26.9 Å². The van der Waals surface area contributed by atoms with Crippen LogP contribution in [0.25, 0.3) is 16.9 Å². The van der Waals surface area contributed by atoms with E-state index in [9.17, 15) is 18.8 Å². The van der Waals surface area contributed by atoms with Crippen molar-refractivity contribution in [2.45, 2.75) is 32.9 Å². The summed E-state index contributed by atoms with van der Waals surface area (Å²) in [7, 11) is 2.13. The van der Waals surface area contributed by atoms with E-state index in [1.807, 2.05) is 10.9 Å². The molecule has 5 aromatic rings. The zero-order valence-corrected chi connectivity index (χ0v) is 27.6. The predicted molar refractivity (Wildman–Crippen MR) is 181 cm³/mol. The van der Waals surface area contributed by atoms with Gasteiger partial charge in [0.25, 0.3) is 5.56 Å². The van der Waals surface area contributed by atoms with Crippen LogP contribution in [0, 0.1) is 11.6 Å². The van der Waals surface area contributed by atoms with Gasteiger partial charge in [-0.25, -0.2) is 18.1 Å². The van der Waals surface area contributed by atoms with Gasteiger partial charge < -0.3 is 9.64 Å². The molecule has 49 heavy (non-hydrogen) atoms. The van der Waals surface area contributed by atoms with E-state index in [0.717, 1.165) is 61.5 Å². The Balaban J connectivity index is 1.15. The standard InChI is InChI=1S/C36H37F2N7O4/c1-24(2)44-23-30(35(47)45(36(44)48)28-7-5-27(37)6-8-28)33(46)19-25-4-9-34(31(38)18-25)49-29-10-11-39-32(20-29)26-21-40-43(22-26)17-16-42-14-12-41(3)13-15-42/h4-11,18,20-24H,12-17,19H2,1-3H3. The summed E-state index contributed by atoms with van der Waals surface area (Å²) in [5.74, 6) is -1.52. The SMILES string of the molecule is CC(C)n1cc(C(=O)Cc2ccc(Oc3ccnc(-c4cnn(CCN5CCN(C)CC5)c4)c3)c(F)c2)c(=O)n(-c2ccc(F)cc2)c1=O. The third-order valence-corrected chi connectivity index (χ3v) is 8.55. The summed E-state index contributed by atoms with van der Waals surface area (Å²) in [6.07, 6.45) is 6.17. The number of Topliss-reactive ketones (excluding diaryl/α,β-unsaturated/α-hetero) is 1. The van der Waals surface area contributed by atoms with Crippen LogP contribution in [-0.2, 0) is 13.0 Å². The van der Waals surface area contributed by atoms with E-state index >= 15 is 4.39 Å². The van der Waals surface area contributed by atoms with Gasteiger partial charge in [0.05, 0.1) is 24.1 Å². The average Bonchev–Trinajstić information content (AvgIpc) is 3.56. The lowest BCUT2D eigenvalue weighted by Gasteiger charge is -2.32. The molecule has 254 valence electrons. The highest BCUT2D eigenvalue weighted by Crippen LogP contribution is 2.28. The van der Waals surface area contributed by atoms with Crippen LogP contribution in [0.5, 0.6) is 11.5 Å². The fourth-order valence-electron chi connectivity index (χ4n) is 5.66. The number of carbonyl (C=O) groups is 1. The van der Waals surface area contributed by atoms with Gasteiger partial charge in [0.15, 0.2) is 17.3 Å². The van der Waals surface area contributed by atoms with Gasteiger partial charge in [-0.3, -0.25) is 28.7 Å². The summed E-state index contributed by atoms with van der Waals surface area (Å²) >= 11 is 0. The number of ether oxygens (including phenoxy) is 1. The monoisotopic (exact) mass is 669 g/mol. The molecule has 0 unspecified atom stereocenters. The molecule has 0 N–H and O–H groups in total. The van der Waals surface area contributed by atoms with Crippen molar-refractivity contribution in [2.75, 3.05) is 39.8 Å². The summed E-state index contributed by atoms with van der Waals surface area (Å²) in [5.41, 5.74) is 0.121. The van der Waals surface area contributed by atoms with Gasteiger partial charge in [0.2, 0.25) is 0 Å². The minimum atomic E-state index is -0.840. The van der Waals surface area contributed by atoms with Crippen LogP contribution >= 0.6 is 0 Å². The maximum atomic E-state index is 15.3. The van der Waals surface area contributed by atoms with E-state index in [1.165, 1.54) is 35.0 Å². The van der Waals surface area contributed by atoms with Crippen LogP contribution in [-0.4, -0.2) is 79.3 Å². The number of halogens is 2. The summed E-state index contributed by atoms with van der Waals surface area (Å²) in [6, 6.07) is 11.9. The zero-order chi connectivity index (χ0) is 34.7. The van der Waals surface area contributed by atoms with Gasteiger partial charge in [0.1, 0.15) is 17.1 Å². The normalized spacial score (nSPS) is 14.0. The fraction of sp³-hybridized carbons (Fsp3) is 0.306. The molecule has 1 aliphatic heterocycles. The van der Waals surface area contributed by atoms with Gasteiger partial charge in [-0.2, -0.15) is 5.10 Å². The van der Waals surface area contributed by atoms with Crippen LogP contribution in [0.2, 0.25) is 0 Å². The maximum absolute atomic E-state index is 15.3. The maximum Gasteiger partial charge on any atom is 0.335 e. The minimum absolute atomic E-state index is 0.0526. The molecule has 13 heteroatoms. The summed E-state index contributed by atoms with van der Waals surface area (Å²) in [6.45, 7) is 9.32. The average molecular weight is 670 g/mol. The molecule has 0 bridgehead atoms. The molecule has 0 atom stereocenters. The number of benzene rings is 2. The number of hydrogen-bond acceptors (Lipinski definition) is 8. The quantitative estimate of drug-likeness (QED) is 0.188. The summed E-state index contributed by atoms with van der Waals surface area (Å²) in [5, 5.41) is 4.48. The van der Waals surface area contributed by atoms with Crippen LogP contribution in [0.3, 0.4) is 0 Å². The van der Waals surface area contributed by atoms with Crippen molar-refractivity contribution in [3.8, 4) is 28.4 Å². The third-order valence-electron chi connectivity index (χ3n) is 8.55. The lowest BCUT2D eigenvalue weighted by atomic mass is 10.0. The molecule has 11 nitrogen and oxygen atoms in total. The molecule has 0 saturated carbocycles. The van der Waals surface area contributed by atoms with Gasteiger partial charge in [-0.15, -0.1) is 0 Å². The molecule has 2 aromatic carbocycles. The fourth-order valence-corrected chi connectivity index (χ4v) is 5.66. The summed E-state index contributed by atoms with van der Waals surface area (Å²) < 4.78 is 38.7. The second-order valence-electron chi connectivity index (χ2n) is 12.4. The third kappa shape index (κ3) is 7.74. The Morgan fingerprint density at radius 2 is 1.69 bits per heavy atom. The van der Waals surface area contributed by atoms with E-state index < -0.39 is 28.7 Å². The molecule has 4 heterocycles. The second kappa shape index (κ2) is 14.5. The number of nitrogens with zero attached hydrogens (tertiary/aromatic N) is 7. The topological polar surface area (TPSA) is 107 Å². The summed E-state index contributed by atoms with van der Waals surface area (Å²) in [4.78, 5) is 49.1.